The molecular formula is C15H17NO4. The van der Waals surface area contributed by atoms with Gasteiger partial charge in [0, 0.05) is 5.69 Å². The quantitative estimate of drug-likeness (QED) is 0.369. The van der Waals surface area contributed by atoms with E-state index in [0.29, 0.717) is 11.3 Å². The van der Waals surface area contributed by atoms with Crippen molar-refractivity contribution in [3.63, 3.8) is 0 Å². The van der Waals surface area contributed by atoms with Gasteiger partial charge in [-0.25, -0.2) is 0 Å². The molecule has 2 atom stereocenters. The van der Waals surface area contributed by atoms with Gasteiger partial charge in [-0.15, -0.1) is 5.92 Å². The second kappa shape index (κ2) is 7.19. The maximum absolute atomic E-state index is 11.8. The van der Waals surface area contributed by atoms with Crippen LogP contribution in [0.5, 0.6) is 0 Å². The van der Waals surface area contributed by atoms with Crippen LogP contribution in [-0.2, 0) is 14.3 Å². The highest BCUT2D eigenvalue weighted by Gasteiger charge is 2.36. The highest BCUT2D eigenvalue weighted by atomic mass is 16.5. The van der Waals surface area contributed by atoms with Crippen LogP contribution in [0.3, 0.4) is 0 Å². The van der Waals surface area contributed by atoms with Gasteiger partial charge in [-0.1, -0.05) is 18.1 Å². The number of anilines is 1. The van der Waals surface area contributed by atoms with Crippen LogP contribution in [0.4, 0.5) is 5.69 Å². The number of esters is 1. The molecule has 1 aromatic carbocycles. The van der Waals surface area contributed by atoms with E-state index >= 15 is 0 Å². The van der Waals surface area contributed by atoms with E-state index in [0.717, 1.165) is 0 Å². The van der Waals surface area contributed by atoms with Gasteiger partial charge in [0.25, 0.3) is 0 Å². The summed E-state index contributed by atoms with van der Waals surface area (Å²) in [5.74, 6) is 1.26. The first-order chi connectivity index (χ1) is 9.51. The van der Waals surface area contributed by atoms with Crippen molar-refractivity contribution in [3.05, 3.63) is 29.8 Å². The van der Waals surface area contributed by atoms with Crippen molar-refractivity contribution in [1.82, 2.24) is 0 Å². The van der Waals surface area contributed by atoms with Crippen LogP contribution in [0.1, 0.15) is 25.3 Å². The van der Waals surface area contributed by atoms with Crippen LogP contribution in [0.15, 0.2) is 24.3 Å². The van der Waals surface area contributed by atoms with Crippen LogP contribution in [-0.4, -0.2) is 23.7 Å². The normalized spacial score (nSPS) is 12.7. The van der Waals surface area contributed by atoms with Crippen molar-refractivity contribution in [3.8, 4) is 11.8 Å². The molecular weight excluding hydrogens is 258 g/mol. The zero-order chi connectivity index (χ0) is 15.1. The molecule has 0 aromatic heterocycles. The Hall–Kier alpha value is -2.48. The van der Waals surface area contributed by atoms with Gasteiger partial charge in [0.05, 0.1) is 12.5 Å². The zero-order valence-electron chi connectivity index (χ0n) is 11.4. The summed E-state index contributed by atoms with van der Waals surface area (Å²) in [6, 6.07) is 6.62. The van der Waals surface area contributed by atoms with Gasteiger partial charge in [-0.2, -0.15) is 0 Å². The van der Waals surface area contributed by atoms with Crippen molar-refractivity contribution < 1.29 is 19.4 Å². The SMILES string of the molecule is CC#CC(c1ccc(N)cc1)C(C(=O)O)C(=O)OCC. The highest BCUT2D eigenvalue weighted by Crippen LogP contribution is 2.26. The first-order valence-electron chi connectivity index (χ1n) is 6.18. The predicted molar refractivity (Wildman–Crippen MR) is 74.8 cm³/mol. The van der Waals surface area contributed by atoms with Gasteiger partial charge in [0.2, 0.25) is 0 Å². The number of hydrogen-bond donors (Lipinski definition) is 2. The Balaban J connectivity index is 3.20. The standard InChI is InChI=1S/C15H17NO4/c1-3-5-12(10-6-8-11(16)9-7-10)13(14(17)18)15(19)20-4-2/h6-9,12-13H,4,16H2,1-2H3,(H,17,18). The van der Waals surface area contributed by atoms with Gasteiger partial charge in [0.15, 0.2) is 5.92 Å². The fourth-order valence-corrected chi connectivity index (χ4v) is 1.83. The lowest BCUT2D eigenvalue weighted by atomic mass is 9.86. The number of nitrogens with two attached hydrogens (primary N) is 1. The van der Waals surface area contributed by atoms with Crippen molar-refractivity contribution in [2.75, 3.05) is 12.3 Å². The van der Waals surface area contributed by atoms with E-state index in [4.69, 9.17) is 10.5 Å². The second-order valence-electron chi connectivity index (χ2n) is 4.11. The van der Waals surface area contributed by atoms with E-state index in [9.17, 15) is 14.7 Å². The summed E-state index contributed by atoms with van der Waals surface area (Å²) in [6.07, 6.45) is 0. The van der Waals surface area contributed by atoms with Gasteiger partial charge in [-0.05, 0) is 31.5 Å². The largest absolute Gasteiger partial charge is 0.481 e. The third kappa shape index (κ3) is 3.75. The molecule has 1 aromatic rings. The minimum absolute atomic E-state index is 0.122. The van der Waals surface area contributed by atoms with Crippen molar-refractivity contribution in [2.45, 2.75) is 19.8 Å². The van der Waals surface area contributed by atoms with Crippen LogP contribution in [0.2, 0.25) is 0 Å². The zero-order valence-corrected chi connectivity index (χ0v) is 11.4. The molecule has 5 nitrogen and oxygen atoms in total. The summed E-state index contributed by atoms with van der Waals surface area (Å²) in [4.78, 5) is 23.2. The number of aliphatic carboxylic acids is 1. The first-order valence-corrected chi connectivity index (χ1v) is 6.18. The fraction of sp³-hybridized carbons (Fsp3) is 0.333. The number of rotatable bonds is 5. The van der Waals surface area contributed by atoms with E-state index in [-0.39, 0.29) is 6.61 Å². The maximum Gasteiger partial charge on any atom is 0.321 e. The number of ether oxygens (including phenoxy) is 1. The van der Waals surface area contributed by atoms with E-state index in [1.54, 1.807) is 38.1 Å². The molecule has 0 amide bonds. The van der Waals surface area contributed by atoms with Gasteiger partial charge in [-0.3, -0.25) is 9.59 Å². The van der Waals surface area contributed by atoms with Gasteiger partial charge >= 0.3 is 11.9 Å². The monoisotopic (exact) mass is 275 g/mol. The van der Waals surface area contributed by atoms with Crippen molar-refractivity contribution >= 4 is 17.6 Å². The molecule has 0 saturated carbocycles. The average molecular weight is 275 g/mol. The van der Waals surface area contributed by atoms with E-state index in [1.807, 2.05) is 0 Å². The Morgan fingerprint density at radius 3 is 2.40 bits per heavy atom. The van der Waals surface area contributed by atoms with E-state index in [2.05, 4.69) is 11.8 Å². The Morgan fingerprint density at radius 1 is 1.35 bits per heavy atom. The number of benzene rings is 1. The molecule has 0 spiro atoms. The molecule has 0 aliphatic rings. The number of carboxylic acids is 1. The molecule has 0 saturated heterocycles. The molecule has 5 heteroatoms. The molecule has 3 N–H and O–H groups in total. The van der Waals surface area contributed by atoms with Crippen LogP contribution in [0.25, 0.3) is 0 Å². The van der Waals surface area contributed by atoms with E-state index in [1.165, 1.54) is 0 Å². The second-order valence-corrected chi connectivity index (χ2v) is 4.11. The number of carbonyl (C=O) groups is 2. The lowest BCUT2D eigenvalue weighted by Gasteiger charge is -2.18. The number of hydrogen-bond acceptors (Lipinski definition) is 4. The Kier molecular flexibility index (Phi) is 5.60. The minimum atomic E-state index is -1.36. The Bertz CT molecular complexity index is 539. The lowest BCUT2D eigenvalue weighted by molar-refractivity contribution is -0.158. The third-order valence-electron chi connectivity index (χ3n) is 2.74. The third-order valence-corrected chi connectivity index (χ3v) is 2.74. The highest BCUT2D eigenvalue weighted by molar-refractivity contribution is 5.95. The van der Waals surface area contributed by atoms with Crippen LogP contribution < -0.4 is 5.73 Å². The topological polar surface area (TPSA) is 89.6 Å². The molecule has 0 heterocycles. The molecule has 0 radical (unpaired) electrons. The summed E-state index contributed by atoms with van der Waals surface area (Å²) in [5.41, 5.74) is 6.78. The smallest absolute Gasteiger partial charge is 0.321 e. The van der Waals surface area contributed by atoms with E-state index < -0.39 is 23.8 Å². The molecule has 0 aliphatic heterocycles. The molecule has 0 aliphatic carbocycles. The van der Waals surface area contributed by atoms with Crippen LogP contribution in [0, 0.1) is 17.8 Å². The number of carbonyl (C=O) groups excluding carboxylic acids is 1. The minimum Gasteiger partial charge on any atom is -0.481 e. The van der Waals surface area contributed by atoms with Crippen molar-refractivity contribution in [2.24, 2.45) is 5.92 Å². The molecule has 0 bridgehead atoms. The molecule has 20 heavy (non-hydrogen) atoms. The van der Waals surface area contributed by atoms with Crippen LogP contribution >= 0.6 is 0 Å². The molecule has 0 fully saturated rings. The van der Waals surface area contributed by atoms with Gasteiger partial charge in [0.1, 0.15) is 0 Å². The summed E-state index contributed by atoms with van der Waals surface area (Å²) in [7, 11) is 0. The average Bonchev–Trinajstić information content (AvgIpc) is 2.39. The maximum atomic E-state index is 11.8. The first kappa shape index (κ1) is 15.6. The summed E-state index contributed by atoms with van der Waals surface area (Å²) in [6.45, 7) is 3.34. The lowest BCUT2D eigenvalue weighted by Crippen LogP contribution is -2.31. The Morgan fingerprint density at radius 2 is 1.95 bits per heavy atom. The van der Waals surface area contributed by atoms with Crippen molar-refractivity contribution in [1.29, 1.82) is 0 Å². The summed E-state index contributed by atoms with van der Waals surface area (Å²) < 4.78 is 4.83. The number of nitrogen functional groups attached to an aromatic ring is 1. The summed E-state index contributed by atoms with van der Waals surface area (Å²) >= 11 is 0. The fourth-order valence-electron chi connectivity index (χ4n) is 1.83. The Labute approximate surface area is 117 Å². The molecule has 2 unspecified atom stereocenters. The number of carboxylic acid groups (broad SMARTS) is 1. The van der Waals surface area contributed by atoms with Gasteiger partial charge < -0.3 is 15.6 Å². The molecule has 106 valence electrons. The summed E-state index contributed by atoms with van der Waals surface area (Å²) in [5, 5.41) is 9.29. The molecule has 1 rings (SSSR count). The predicted octanol–water partition coefficient (Wildman–Crippen LogP) is 1.64.